The third kappa shape index (κ3) is 5.01. The summed E-state index contributed by atoms with van der Waals surface area (Å²) in [5, 5.41) is 5.61. The largest absolute Gasteiger partial charge is 0.489 e. The molecule has 0 aliphatic rings. The van der Waals surface area contributed by atoms with Crippen molar-refractivity contribution >= 4 is 17.5 Å². The highest BCUT2D eigenvalue weighted by Gasteiger charge is 2.12. The van der Waals surface area contributed by atoms with Gasteiger partial charge in [-0.3, -0.25) is 9.59 Å². The van der Waals surface area contributed by atoms with Crippen LogP contribution in [0.15, 0.2) is 71.3 Å². The van der Waals surface area contributed by atoms with Gasteiger partial charge >= 0.3 is 0 Å². The molecule has 144 valence electrons. The lowest BCUT2D eigenvalue weighted by Gasteiger charge is -2.14. The minimum absolute atomic E-state index is 0.00275. The first-order chi connectivity index (χ1) is 13.5. The third-order valence-corrected chi connectivity index (χ3v) is 3.91. The predicted octanol–water partition coefficient (Wildman–Crippen LogP) is 4.25. The highest BCUT2D eigenvalue weighted by molar-refractivity contribution is 6.05. The predicted molar refractivity (Wildman–Crippen MR) is 106 cm³/mol. The monoisotopic (exact) mass is 378 g/mol. The van der Waals surface area contributed by atoms with Crippen molar-refractivity contribution in [3.05, 3.63) is 83.8 Å². The highest BCUT2D eigenvalue weighted by atomic mass is 16.5. The van der Waals surface area contributed by atoms with E-state index in [4.69, 9.17) is 9.15 Å². The molecule has 2 aromatic carbocycles. The molecule has 0 radical (unpaired) electrons. The van der Waals surface area contributed by atoms with Gasteiger partial charge in [0, 0.05) is 11.1 Å². The number of rotatable bonds is 7. The topological polar surface area (TPSA) is 80.6 Å². The van der Waals surface area contributed by atoms with Crippen molar-refractivity contribution in [2.24, 2.45) is 0 Å². The van der Waals surface area contributed by atoms with Crippen LogP contribution in [0, 0.1) is 0 Å². The summed E-state index contributed by atoms with van der Waals surface area (Å²) in [5.74, 6) is 0.771. The number of ether oxygens (including phenoxy) is 1. The number of carbonyl (C=O) groups is 2. The lowest BCUT2D eigenvalue weighted by Crippen LogP contribution is -2.22. The maximum Gasteiger partial charge on any atom is 0.255 e. The van der Waals surface area contributed by atoms with E-state index in [9.17, 15) is 9.59 Å². The number of carbonyl (C=O) groups excluding carboxylic acids is 2. The van der Waals surface area contributed by atoms with Crippen LogP contribution >= 0.6 is 0 Å². The minimum Gasteiger partial charge on any atom is -0.489 e. The van der Waals surface area contributed by atoms with E-state index >= 15 is 0 Å². The second kappa shape index (κ2) is 8.90. The van der Waals surface area contributed by atoms with E-state index in [0.717, 1.165) is 0 Å². The van der Waals surface area contributed by atoms with E-state index in [0.29, 0.717) is 34.9 Å². The molecule has 0 aliphatic heterocycles. The number of hydrogen-bond donors (Lipinski definition) is 2. The summed E-state index contributed by atoms with van der Waals surface area (Å²) in [6.45, 7) is 4.16. The molecule has 0 saturated carbocycles. The van der Waals surface area contributed by atoms with Crippen molar-refractivity contribution in [2.45, 2.75) is 26.5 Å². The Labute approximate surface area is 163 Å². The quantitative estimate of drug-likeness (QED) is 0.644. The van der Waals surface area contributed by atoms with E-state index in [2.05, 4.69) is 10.6 Å². The number of hydrogen-bond acceptors (Lipinski definition) is 4. The minimum atomic E-state index is -0.276. The van der Waals surface area contributed by atoms with Crippen LogP contribution in [-0.4, -0.2) is 17.9 Å². The summed E-state index contributed by atoms with van der Waals surface area (Å²) in [7, 11) is 0. The van der Waals surface area contributed by atoms with Crippen LogP contribution in [0.5, 0.6) is 5.75 Å². The number of para-hydroxylation sites is 2. The Morgan fingerprint density at radius 3 is 2.25 bits per heavy atom. The second-order valence-electron chi connectivity index (χ2n) is 6.46. The normalized spacial score (nSPS) is 10.5. The van der Waals surface area contributed by atoms with Crippen molar-refractivity contribution in [1.29, 1.82) is 0 Å². The first kappa shape index (κ1) is 19.2. The van der Waals surface area contributed by atoms with Crippen molar-refractivity contribution < 1.29 is 18.7 Å². The van der Waals surface area contributed by atoms with Crippen molar-refractivity contribution in [2.75, 3.05) is 5.32 Å². The van der Waals surface area contributed by atoms with Crippen LogP contribution < -0.4 is 15.4 Å². The third-order valence-electron chi connectivity index (χ3n) is 3.91. The van der Waals surface area contributed by atoms with Crippen LogP contribution in [0.4, 0.5) is 5.69 Å². The van der Waals surface area contributed by atoms with E-state index < -0.39 is 0 Å². The smallest absolute Gasteiger partial charge is 0.255 e. The molecule has 0 atom stereocenters. The van der Waals surface area contributed by atoms with E-state index in [-0.39, 0.29) is 17.9 Å². The van der Waals surface area contributed by atoms with Gasteiger partial charge in [-0.25, -0.2) is 0 Å². The van der Waals surface area contributed by atoms with Gasteiger partial charge in [0.2, 0.25) is 0 Å². The van der Waals surface area contributed by atoms with Crippen molar-refractivity contribution in [1.82, 2.24) is 5.32 Å². The molecular formula is C22H22N2O4. The van der Waals surface area contributed by atoms with Gasteiger partial charge in [-0.05, 0) is 62.4 Å². The van der Waals surface area contributed by atoms with E-state index in [1.54, 1.807) is 48.7 Å². The molecule has 6 heteroatoms. The summed E-state index contributed by atoms with van der Waals surface area (Å²) < 4.78 is 10.9. The molecular weight excluding hydrogens is 356 g/mol. The Hall–Kier alpha value is -3.54. The standard InChI is InChI=1S/C22H22N2O4/c1-15(2)28-20-8-4-3-7-19(20)24-22(26)17-11-9-16(10-12-17)21(25)23-14-18-6-5-13-27-18/h3-13,15H,14H2,1-2H3,(H,23,25)(H,24,26). The van der Waals surface area contributed by atoms with Gasteiger partial charge in [0.15, 0.2) is 0 Å². The molecule has 2 N–H and O–H groups in total. The first-order valence-corrected chi connectivity index (χ1v) is 9.00. The number of nitrogens with one attached hydrogen (secondary N) is 2. The maximum absolute atomic E-state index is 12.5. The zero-order chi connectivity index (χ0) is 19.9. The second-order valence-corrected chi connectivity index (χ2v) is 6.46. The average molecular weight is 378 g/mol. The van der Waals surface area contributed by atoms with Gasteiger partial charge in [-0.1, -0.05) is 12.1 Å². The van der Waals surface area contributed by atoms with Crippen LogP contribution in [0.25, 0.3) is 0 Å². The molecule has 0 bridgehead atoms. The average Bonchev–Trinajstić information content (AvgIpc) is 3.21. The maximum atomic E-state index is 12.5. The Morgan fingerprint density at radius 2 is 1.61 bits per heavy atom. The summed E-state index contributed by atoms with van der Waals surface area (Å²) >= 11 is 0. The van der Waals surface area contributed by atoms with Gasteiger partial charge in [0.1, 0.15) is 11.5 Å². The van der Waals surface area contributed by atoms with Gasteiger partial charge in [-0.15, -0.1) is 0 Å². The molecule has 1 heterocycles. The van der Waals surface area contributed by atoms with Crippen molar-refractivity contribution in [3.8, 4) is 5.75 Å². The van der Waals surface area contributed by atoms with Crippen LogP contribution in [0.3, 0.4) is 0 Å². The number of amides is 2. The van der Waals surface area contributed by atoms with Gasteiger partial charge in [0.25, 0.3) is 11.8 Å². The molecule has 2 amide bonds. The SMILES string of the molecule is CC(C)Oc1ccccc1NC(=O)c1ccc(C(=O)NCc2ccco2)cc1. The van der Waals surface area contributed by atoms with Gasteiger partial charge in [0.05, 0.1) is 24.6 Å². The fraction of sp³-hybridized carbons (Fsp3) is 0.182. The van der Waals surface area contributed by atoms with Crippen LogP contribution in [0.1, 0.15) is 40.3 Å². The fourth-order valence-electron chi connectivity index (χ4n) is 2.58. The lowest BCUT2D eigenvalue weighted by atomic mass is 10.1. The summed E-state index contributed by atoms with van der Waals surface area (Å²) in [5.41, 5.74) is 1.51. The van der Waals surface area contributed by atoms with Crippen LogP contribution in [0.2, 0.25) is 0 Å². The molecule has 0 unspecified atom stereocenters. The molecule has 3 aromatic rings. The van der Waals surface area contributed by atoms with Gasteiger partial charge < -0.3 is 19.8 Å². The summed E-state index contributed by atoms with van der Waals surface area (Å²) in [6, 6.07) is 17.3. The van der Waals surface area contributed by atoms with Gasteiger partial charge in [-0.2, -0.15) is 0 Å². The highest BCUT2D eigenvalue weighted by Crippen LogP contribution is 2.25. The zero-order valence-corrected chi connectivity index (χ0v) is 15.8. The molecule has 1 aromatic heterocycles. The Balaban J connectivity index is 1.63. The summed E-state index contributed by atoms with van der Waals surface area (Å²) in [4.78, 5) is 24.7. The number of benzene rings is 2. The molecule has 28 heavy (non-hydrogen) atoms. The fourth-order valence-corrected chi connectivity index (χ4v) is 2.58. The molecule has 3 rings (SSSR count). The van der Waals surface area contributed by atoms with Crippen LogP contribution in [-0.2, 0) is 6.54 Å². The lowest BCUT2D eigenvalue weighted by molar-refractivity contribution is 0.0946. The molecule has 0 aliphatic carbocycles. The Bertz CT molecular complexity index is 931. The number of furan rings is 1. The molecule has 0 spiro atoms. The van der Waals surface area contributed by atoms with E-state index in [1.165, 1.54) is 0 Å². The number of anilines is 1. The molecule has 0 fully saturated rings. The summed E-state index contributed by atoms with van der Waals surface area (Å²) in [6.07, 6.45) is 1.55. The zero-order valence-electron chi connectivity index (χ0n) is 15.8. The Morgan fingerprint density at radius 1 is 0.929 bits per heavy atom. The molecule has 0 saturated heterocycles. The molecule has 6 nitrogen and oxygen atoms in total. The Kier molecular flexibility index (Phi) is 6.11. The first-order valence-electron chi connectivity index (χ1n) is 9.00. The van der Waals surface area contributed by atoms with E-state index in [1.807, 2.05) is 32.0 Å². The van der Waals surface area contributed by atoms with Crippen molar-refractivity contribution in [3.63, 3.8) is 0 Å².